The summed E-state index contributed by atoms with van der Waals surface area (Å²) in [7, 11) is 0. The molecule has 0 bridgehead atoms. The van der Waals surface area contributed by atoms with Crippen molar-refractivity contribution < 1.29 is 9.32 Å². The first-order valence-electron chi connectivity index (χ1n) is 7.78. The van der Waals surface area contributed by atoms with E-state index in [1.807, 2.05) is 35.2 Å². The van der Waals surface area contributed by atoms with Gasteiger partial charge in [-0.3, -0.25) is 4.79 Å². The Labute approximate surface area is 130 Å². The van der Waals surface area contributed by atoms with Crippen molar-refractivity contribution in [3.63, 3.8) is 0 Å². The van der Waals surface area contributed by atoms with Crippen LogP contribution in [-0.2, 0) is 4.79 Å². The van der Waals surface area contributed by atoms with Gasteiger partial charge < -0.3 is 14.7 Å². The van der Waals surface area contributed by atoms with Gasteiger partial charge in [0.15, 0.2) is 0 Å². The monoisotopic (exact) mass is 299 g/mol. The number of rotatable bonds is 4. The third-order valence-electron chi connectivity index (χ3n) is 4.16. The molecule has 1 atom stereocenters. The summed E-state index contributed by atoms with van der Waals surface area (Å²) in [5.41, 5.74) is 2.68. The van der Waals surface area contributed by atoms with Crippen LogP contribution in [0.25, 0.3) is 11.3 Å². The minimum atomic E-state index is 0.166. The summed E-state index contributed by atoms with van der Waals surface area (Å²) in [6, 6.07) is 10.0. The second kappa shape index (κ2) is 6.64. The van der Waals surface area contributed by atoms with Crippen LogP contribution in [0.15, 0.2) is 41.1 Å². The van der Waals surface area contributed by atoms with Gasteiger partial charge in [0.05, 0.1) is 6.54 Å². The lowest BCUT2D eigenvalue weighted by atomic mass is 10.0. The average Bonchev–Trinajstić information content (AvgIpc) is 3.08. The molecule has 1 N–H and O–H groups in total. The van der Waals surface area contributed by atoms with Crippen molar-refractivity contribution in [2.45, 2.75) is 32.2 Å². The molecule has 2 heterocycles. The number of amides is 1. The van der Waals surface area contributed by atoms with Gasteiger partial charge in [-0.15, -0.1) is 0 Å². The third kappa shape index (κ3) is 3.30. The largest absolute Gasteiger partial charge is 0.376 e. The first kappa shape index (κ1) is 14.6. The van der Waals surface area contributed by atoms with Gasteiger partial charge in [-0.1, -0.05) is 17.3 Å². The Morgan fingerprint density at radius 3 is 3.09 bits per heavy atom. The van der Waals surface area contributed by atoms with Gasteiger partial charge in [-0.05, 0) is 38.3 Å². The number of nitrogens with one attached hydrogen (secondary N) is 1. The zero-order chi connectivity index (χ0) is 15.4. The molecule has 3 rings (SSSR count). The smallest absolute Gasteiger partial charge is 0.242 e. The predicted molar refractivity (Wildman–Crippen MR) is 85.5 cm³/mol. The van der Waals surface area contributed by atoms with E-state index in [1.54, 1.807) is 6.26 Å². The summed E-state index contributed by atoms with van der Waals surface area (Å²) in [5.74, 6) is 0.166. The molecule has 0 aliphatic carbocycles. The predicted octanol–water partition coefficient (Wildman–Crippen LogP) is 3.15. The number of nitrogens with zero attached hydrogens (tertiary/aromatic N) is 2. The summed E-state index contributed by atoms with van der Waals surface area (Å²) in [4.78, 5) is 14.3. The summed E-state index contributed by atoms with van der Waals surface area (Å²) in [5, 5.41) is 7.14. The molecule has 116 valence electrons. The van der Waals surface area contributed by atoms with Crippen molar-refractivity contribution >= 4 is 11.6 Å². The van der Waals surface area contributed by atoms with E-state index in [-0.39, 0.29) is 5.91 Å². The maximum atomic E-state index is 12.3. The van der Waals surface area contributed by atoms with Crippen LogP contribution in [0.2, 0.25) is 0 Å². The Morgan fingerprint density at radius 1 is 1.41 bits per heavy atom. The quantitative estimate of drug-likeness (QED) is 0.942. The summed E-state index contributed by atoms with van der Waals surface area (Å²) >= 11 is 0. The Bertz CT molecular complexity index is 625. The van der Waals surface area contributed by atoms with E-state index in [1.165, 1.54) is 6.42 Å². The molecule has 1 aliphatic heterocycles. The lowest BCUT2D eigenvalue weighted by Gasteiger charge is -2.33. The highest BCUT2D eigenvalue weighted by Crippen LogP contribution is 2.21. The molecule has 1 aromatic carbocycles. The number of carbonyl (C=O) groups excluding carboxylic acids is 1. The number of anilines is 1. The summed E-state index contributed by atoms with van der Waals surface area (Å²) in [6.07, 6.45) is 4.99. The van der Waals surface area contributed by atoms with Crippen LogP contribution >= 0.6 is 0 Å². The highest BCUT2D eigenvalue weighted by molar-refractivity contribution is 5.81. The minimum absolute atomic E-state index is 0.166. The lowest BCUT2D eigenvalue weighted by molar-refractivity contribution is -0.132. The lowest BCUT2D eigenvalue weighted by Crippen LogP contribution is -2.44. The average molecular weight is 299 g/mol. The fourth-order valence-corrected chi connectivity index (χ4v) is 2.90. The molecule has 2 aromatic rings. The molecule has 1 fully saturated rings. The number of hydrogen-bond acceptors (Lipinski definition) is 4. The van der Waals surface area contributed by atoms with E-state index in [0.717, 1.165) is 36.3 Å². The van der Waals surface area contributed by atoms with Crippen LogP contribution in [0.4, 0.5) is 5.69 Å². The topological polar surface area (TPSA) is 58.4 Å². The van der Waals surface area contributed by atoms with Crippen molar-refractivity contribution in [2.24, 2.45) is 0 Å². The van der Waals surface area contributed by atoms with Crippen molar-refractivity contribution in [3.8, 4) is 11.3 Å². The Hall–Kier alpha value is -2.30. The van der Waals surface area contributed by atoms with Crippen LogP contribution in [0.5, 0.6) is 0 Å². The number of piperidine rings is 1. The van der Waals surface area contributed by atoms with Gasteiger partial charge in [0.1, 0.15) is 12.0 Å². The Balaban J connectivity index is 1.61. The maximum absolute atomic E-state index is 12.3. The summed E-state index contributed by atoms with van der Waals surface area (Å²) < 4.78 is 4.87. The zero-order valence-corrected chi connectivity index (χ0v) is 12.8. The standard InChI is InChI=1S/C17H21N3O2/c1-13-5-2-3-9-20(13)17(21)12-18-15-7-4-6-14(11-15)16-8-10-22-19-16/h4,6-8,10-11,13,18H,2-3,5,9,12H2,1H3. The SMILES string of the molecule is CC1CCCCN1C(=O)CNc1cccc(-c2ccon2)c1. The van der Waals surface area contributed by atoms with E-state index >= 15 is 0 Å². The van der Waals surface area contributed by atoms with Gasteiger partial charge in [-0.2, -0.15) is 0 Å². The molecule has 0 spiro atoms. The molecule has 0 saturated carbocycles. The van der Waals surface area contributed by atoms with Crippen LogP contribution in [-0.4, -0.2) is 35.1 Å². The molecule has 22 heavy (non-hydrogen) atoms. The van der Waals surface area contributed by atoms with E-state index in [4.69, 9.17) is 4.52 Å². The van der Waals surface area contributed by atoms with Crippen LogP contribution in [0.3, 0.4) is 0 Å². The summed E-state index contributed by atoms with van der Waals surface area (Å²) in [6.45, 7) is 3.33. The number of hydrogen-bond donors (Lipinski definition) is 1. The fraction of sp³-hybridized carbons (Fsp3) is 0.412. The molecule has 1 aromatic heterocycles. The molecule has 1 amide bonds. The van der Waals surface area contributed by atoms with Crippen LogP contribution < -0.4 is 5.32 Å². The molecule has 1 saturated heterocycles. The van der Waals surface area contributed by atoms with Crippen molar-refractivity contribution in [1.29, 1.82) is 0 Å². The highest BCUT2D eigenvalue weighted by atomic mass is 16.5. The van der Waals surface area contributed by atoms with Gasteiger partial charge in [0, 0.05) is 29.9 Å². The number of benzene rings is 1. The molecule has 5 nitrogen and oxygen atoms in total. The van der Waals surface area contributed by atoms with Crippen LogP contribution in [0, 0.1) is 0 Å². The van der Waals surface area contributed by atoms with Crippen molar-refractivity contribution in [1.82, 2.24) is 10.1 Å². The highest BCUT2D eigenvalue weighted by Gasteiger charge is 2.22. The normalized spacial score (nSPS) is 18.2. The van der Waals surface area contributed by atoms with Crippen molar-refractivity contribution in [3.05, 3.63) is 36.6 Å². The van der Waals surface area contributed by atoms with Crippen LogP contribution in [0.1, 0.15) is 26.2 Å². The van der Waals surface area contributed by atoms with Gasteiger partial charge in [0.25, 0.3) is 0 Å². The molecule has 1 aliphatic rings. The second-order valence-corrected chi connectivity index (χ2v) is 5.75. The van der Waals surface area contributed by atoms with Gasteiger partial charge in [-0.25, -0.2) is 0 Å². The van der Waals surface area contributed by atoms with Crippen molar-refractivity contribution in [2.75, 3.05) is 18.4 Å². The number of aromatic nitrogens is 1. The molecular formula is C17H21N3O2. The maximum Gasteiger partial charge on any atom is 0.242 e. The minimum Gasteiger partial charge on any atom is -0.376 e. The zero-order valence-electron chi connectivity index (χ0n) is 12.8. The number of likely N-dealkylation sites (tertiary alicyclic amines) is 1. The van der Waals surface area contributed by atoms with E-state index in [2.05, 4.69) is 17.4 Å². The first-order chi connectivity index (χ1) is 10.7. The van der Waals surface area contributed by atoms with Gasteiger partial charge in [0.2, 0.25) is 5.91 Å². The Kier molecular flexibility index (Phi) is 4.42. The third-order valence-corrected chi connectivity index (χ3v) is 4.16. The molecular weight excluding hydrogens is 278 g/mol. The molecule has 1 unspecified atom stereocenters. The fourth-order valence-electron chi connectivity index (χ4n) is 2.90. The first-order valence-corrected chi connectivity index (χ1v) is 7.78. The Morgan fingerprint density at radius 2 is 2.32 bits per heavy atom. The van der Waals surface area contributed by atoms with Gasteiger partial charge >= 0.3 is 0 Å². The van der Waals surface area contributed by atoms with E-state index in [0.29, 0.717) is 12.6 Å². The number of carbonyl (C=O) groups is 1. The van der Waals surface area contributed by atoms with E-state index < -0.39 is 0 Å². The van der Waals surface area contributed by atoms with E-state index in [9.17, 15) is 4.79 Å². The molecule has 0 radical (unpaired) electrons. The molecule has 5 heteroatoms. The second-order valence-electron chi connectivity index (χ2n) is 5.75.